The Labute approximate surface area is 163 Å². The molecular formula is C21H35N5O. The van der Waals surface area contributed by atoms with Crippen molar-refractivity contribution < 1.29 is 4.79 Å². The van der Waals surface area contributed by atoms with E-state index in [1.165, 1.54) is 32.1 Å². The average Bonchev–Trinajstić information content (AvgIpc) is 2.72. The lowest BCUT2D eigenvalue weighted by atomic mass is 9.94. The van der Waals surface area contributed by atoms with Gasteiger partial charge in [0.1, 0.15) is 0 Å². The van der Waals surface area contributed by atoms with Gasteiger partial charge in [0, 0.05) is 45.3 Å². The van der Waals surface area contributed by atoms with Gasteiger partial charge < -0.3 is 20.9 Å². The number of amides is 1. The van der Waals surface area contributed by atoms with Gasteiger partial charge in [-0.3, -0.25) is 9.79 Å². The fourth-order valence-corrected chi connectivity index (χ4v) is 3.61. The molecule has 0 aliphatic heterocycles. The zero-order chi connectivity index (χ0) is 19.5. The van der Waals surface area contributed by atoms with Crippen molar-refractivity contribution in [2.45, 2.75) is 44.6 Å². The Kier molecular flexibility index (Phi) is 9.11. The van der Waals surface area contributed by atoms with E-state index in [2.05, 4.69) is 32.9 Å². The minimum Gasteiger partial charge on any atom is -0.356 e. The summed E-state index contributed by atoms with van der Waals surface area (Å²) in [5.74, 6) is 0.777. The summed E-state index contributed by atoms with van der Waals surface area (Å²) in [6.07, 6.45) is 7.63. The Balaban J connectivity index is 1.69. The summed E-state index contributed by atoms with van der Waals surface area (Å²) >= 11 is 0. The van der Waals surface area contributed by atoms with Crippen molar-refractivity contribution in [3.05, 3.63) is 35.4 Å². The first-order valence-electron chi connectivity index (χ1n) is 10.1. The summed E-state index contributed by atoms with van der Waals surface area (Å²) < 4.78 is 0. The highest BCUT2D eigenvalue weighted by molar-refractivity contribution is 5.94. The topological polar surface area (TPSA) is 68.8 Å². The number of nitrogens with zero attached hydrogens (tertiary/aromatic N) is 2. The molecule has 0 unspecified atom stereocenters. The number of carbonyl (C=O) groups is 1. The molecule has 0 atom stereocenters. The third-order valence-electron chi connectivity index (χ3n) is 5.30. The van der Waals surface area contributed by atoms with Gasteiger partial charge in [-0.25, -0.2) is 0 Å². The summed E-state index contributed by atoms with van der Waals surface area (Å²) in [5, 5.41) is 9.41. The maximum Gasteiger partial charge on any atom is 0.251 e. The van der Waals surface area contributed by atoms with Crippen molar-refractivity contribution in [1.29, 1.82) is 0 Å². The first kappa shape index (κ1) is 21.2. The molecule has 27 heavy (non-hydrogen) atoms. The summed E-state index contributed by atoms with van der Waals surface area (Å²) in [6.45, 7) is 2.69. The van der Waals surface area contributed by atoms with E-state index in [4.69, 9.17) is 0 Å². The van der Waals surface area contributed by atoms with E-state index in [1.54, 1.807) is 14.1 Å². The highest BCUT2D eigenvalue weighted by Crippen LogP contribution is 2.21. The predicted molar refractivity (Wildman–Crippen MR) is 112 cm³/mol. The molecule has 0 radical (unpaired) electrons. The minimum atomic E-state index is -0.0515. The normalized spacial score (nSPS) is 15.6. The van der Waals surface area contributed by atoms with Crippen molar-refractivity contribution in [1.82, 2.24) is 20.9 Å². The average molecular weight is 374 g/mol. The number of nitrogens with one attached hydrogen (secondary N) is 3. The second-order valence-corrected chi connectivity index (χ2v) is 7.23. The third-order valence-corrected chi connectivity index (χ3v) is 5.30. The van der Waals surface area contributed by atoms with Gasteiger partial charge in [0.15, 0.2) is 5.96 Å². The molecule has 3 N–H and O–H groups in total. The number of hydrogen-bond acceptors (Lipinski definition) is 3. The van der Waals surface area contributed by atoms with E-state index in [9.17, 15) is 4.79 Å². The van der Waals surface area contributed by atoms with Gasteiger partial charge in [-0.1, -0.05) is 31.4 Å². The fraction of sp³-hybridized carbons (Fsp3) is 0.619. The number of guanidine groups is 1. The summed E-state index contributed by atoms with van der Waals surface area (Å²) in [5.41, 5.74) is 1.83. The summed E-state index contributed by atoms with van der Waals surface area (Å²) in [7, 11) is 5.68. The quantitative estimate of drug-likeness (QED) is 0.482. The van der Waals surface area contributed by atoms with Crippen molar-refractivity contribution in [2.24, 2.45) is 4.99 Å². The lowest BCUT2D eigenvalue weighted by Crippen LogP contribution is -2.43. The first-order chi connectivity index (χ1) is 13.1. The Bertz CT molecular complexity index is 610. The number of benzene rings is 1. The van der Waals surface area contributed by atoms with Crippen LogP contribution < -0.4 is 16.0 Å². The second kappa shape index (κ2) is 11.6. The monoisotopic (exact) mass is 373 g/mol. The van der Waals surface area contributed by atoms with E-state index >= 15 is 0 Å². The molecule has 2 rings (SSSR count). The molecule has 1 aromatic carbocycles. The largest absolute Gasteiger partial charge is 0.356 e. The summed E-state index contributed by atoms with van der Waals surface area (Å²) in [6, 6.07) is 8.48. The predicted octanol–water partition coefficient (Wildman–Crippen LogP) is 2.02. The van der Waals surface area contributed by atoms with Gasteiger partial charge in [0.25, 0.3) is 5.91 Å². The zero-order valence-corrected chi connectivity index (χ0v) is 17.1. The highest BCUT2D eigenvalue weighted by atomic mass is 16.1. The molecule has 6 heteroatoms. The molecular weight excluding hydrogens is 338 g/mol. The number of rotatable bonds is 8. The molecule has 1 fully saturated rings. The van der Waals surface area contributed by atoms with Crippen LogP contribution in [0.25, 0.3) is 0 Å². The van der Waals surface area contributed by atoms with Crippen LogP contribution in [0.1, 0.15) is 48.0 Å². The molecule has 1 aromatic rings. The lowest BCUT2D eigenvalue weighted by molar-refractivity contribution is 0.0963. The van der Waals surface area contributed by atoms with Crippen LogP contribution in [0.5, 0.6) is 0 Å². The van der Waals surface area contributed by atoms with Gasteiger partial charge >= 0.3 is 0 Å². The Morgan fingerprint density at radius 1 is 1.19 bits per heavy atom. The molecule has 0 spiro atoms. The van der Waals surface area contributed by atoms with E-state index in [-0.39, 0.29) is 5.91 Å². The number of carbonyl (C=O) groups excluding carboxylic acids is 1. The van der Waals surface area contributed by atoms with E-state index in [1.807, 2.05) is 24.3 Å². The van der Waals surface area contributed by atoms with E-state index in [0.29, 0.717) is 5.56 Å². The van der Waals surface area contributed by atoms with Crippen LogP contribution in [0.15, 0.2) is 29.3 Å². The van der Waals surface area contributed by atoms with Crippen LogP contribution in [-0.4, -0.2) is 63.6 Å². The third kappa shape index (κ3) is 7.21. The van der Waals surface area contributed by atoms with Crippen LogP contribution in [0.4, 0.5) is 0 Å². The molecule has 1 aliphatic carbocycles. The number of likely N-dealkylation sites (N-methyl/N-ethyl adjacent to an activating group) is 1. The second-order valence-electron chi connectivity index (χ2n) is 7.23. The molecule has 150 valence electrons. The van der Waals surface area contributed by atoms with Crippen molar-refractivity contribution in [3.8, 4) is 0 Å². The first-order valence-corrected chi connectivity index (χ1v) is 10.1. The molecule has 0 heterocycles. The zero-order valence-electron chi connectivity index (χ0n) is 17.1. The molecule has 0 bridgehead atoms. The van der Waals surface area contributed by atoms with Crippen LogP contribution >= 0.6 is 0 Å². The standard InChI is InChI=1S/C21H35N5O/c1-22-20(27)18-9-7-8-17(16-18)12-13-24-21(23-2)25-14-15-26(3)19-10-5-4-6-11-19/h7-9,16,19H,4-6,10-15H2,1-3H3,(H,22,27)(H2,23,24,25). The lowest BCUT2D eigenvalue weighted by Gasteiger charge is -2.31. The van der Waals surface area contributed by atoms with Gasteiger partial charge in [-0.15, -0.1) is 0 Å². The Morgan fingerprint density at radius 2 is 1.93 bits per heavy atom. The van der Waals surface area contributed by atoms with Crippen LogP contribution in [0.3, 0.4) is 0 Å². The Hall–Kier alpha value is -2.08. The fourth-order valence-electron chi connectivity index (χ4n) is 3.61. The number of hydrogen-bond donors (Lipinski definition) is 3. The SMILES string of the molecule is CN=C(NCCc1cccc(C(=O)NC)c1)NCCN(C)C1CCCCC1. The molecule has 1 aliphatic rings. The van der Waals surface area contributed by atoms with Gasteiger partial charge in [-0.2, -0.15) is 0 Å². The maximum absolute atomic E-state index is 11.7. The van der Waals surface area contributed by atoms with Crippen molar-refractivity contribution in [2.75, 3.05) is 40.8 Å². The van der Waals surface area contributed by atoms with Crippen LogP contribution in [0.2, 0.25) is 0 Å². The van der Waals surface area contributed by atoms with Crippen molar-refractivity contribution >= 4 is 11.9 Å². The molecule has 0 saturated heterocycles. The number of aliphatic imine (C=N–C) groups is 1. The van der Waals surface area contributed by atoms with E-state index < -0.39 is 0 Å². The molecule has 6 nitrogen and oxygen atoms in total. The maximum atomic E-state index is 11.7. The van der Waals surface area contributed by atoms with Crippen LogP contribution in [0, 0.1) is 0 Å². The van der Waals surface area contributed by atoms with Gasteiger partial charge in [-0.05, 0) is 44.0 Å². The molecule has 1 saturated carbocycles. The minimum absolute atomic E-state index is 0.0515. The molecule has 0 aromatic heterocycles. The van der Waals surface area contributed by atoms with Crippen molar-refractivity contribution in [3.63, 3.8) is 0 Å². The molecule has 1 amide bonds. The van der Waals surface area contributed by atoms with Gasteiger partial charge in [0.05, 0.1) is 0 Å². The highest BCUT2D eigenvalue weighted by Gasteiger charge is 2.17. The smallest absolute Gasteiger partial charge is 0.251 e. The Morgan fingerprint density at radius 3 is 2.63 bits per heavy atom. The van der Waals surface area contributed by atoms with Crippen LogP contribution in [-0.2, 0) is 6.42 Å². The van der Waals surface area contributed by atoms with E-state index in [0.717, 1.165) is 43.6 Å². The van der Waals surface area contributed by atoms with Gasteiger partial charge in [0.2, 0.25) is 0 Å². The summed E-state index contributed by atoms with van der Waals surface area (Å²) in [4.78, 5) is 18.5.